The Bertz CT molecular complexity index is 933. The Labute approximate surface area is 184 Å². The van der Waals surface area contributed by atoms with E-state index in [-0.39, 0.29) is 18.2 Å². The molecular formula is C24H32N4O3. The van der Waals surface area contributed by atoms with E-state index in [1.807, 2.05) is 45.0 Å². The van der Waals surface area contributed by atoms with Crippen molar-refractivity contribution in [2.24, 2.45) is 5.92 Å². The van der Waals surface area contributed by atoms with Gasteiger partial charge >= 0.3 is 6.09 Å². The number of para-hydroxylation sites is 1. The number of amides is 1. The lowest BCUT2D eigenvalue weighted by Crippen LogP contribution is -2.54. The van der Waals surface area contributed by atoms with Gasteiger partial charge in [-0.15, -0.1) is 0 Å². The van der Waals surface area contributed by atoms with Crippen LogP contribution in [0.25, 0.3) is 11.3 Å². The topological polar surface area (TPSA) is 76.6 Å². The molecule has 3 saturated heterocycles. The Morgan fingerprint density at radius 1 is 1.29 bits per heavy atom. The van der Waals surface area contributed by atoms with Gasteiger partial charge in [0.2, 0.25) is 0 Å². The molecule has 4 atom stereocenters. The first-order chi connectivity index (χ1) is 14.9. The second-order valence-electron chi connectivity index (χ2n) is 8.86. The Balaban J connectivity index is 1.49. The molecule has 5 rings (SSSR count). The van der Waals surface area contributed by atoms with Crippen LogP contribution in [0.4, 0.5) is 4.79 Å². The summed E-state index contributed by atoms with van der Waals surface area (Å²) in [6.45, 7) is 8.24. The van der Waals surface area contributed by atoms with Gasteiger partial charge in [-0.2, -0.15) is 0 Å². The molecule has 3 aliphatic heterocycles. The number of hydrogen-bond acceptors (Lipinski definition) is 6. The summed E-state index contributed by atoms with van der Waals surface area (Å²) in [6.07, 6.45) is 1.83. The number of aromatic nitrogens is 2. The van der Waals surface area contributed by atoms with Crippen molar-refractivity contribution in [3.8, 4) is 17.0 Å². The van der Waals surface area contributed by atoms with Crippen LogP contribution in [0.15, 0.2) is 30.3 Å². The molecule has 2 bridgehead atoms. The molecule has 31 heavy (non-hydrogen) atoms. The zero-order valence-corrected chi connectivity index (χ0v) is 18.8. The quantitative estimate of drug-likeness (QED) is 0.761. The van der Waals surface area contributed by atoms with Crippen molar-refractivity contribution < 1.29 is 14.3 Å². The second-order valence-corrected chi connectivity index (χ2v) is 8.86. The molecule has 0 aliphatic carbocycles. The van der Waals surface area contributed by atoms with Gasteiger partial charge < -0.3 is 14.8 Å². The van der Waals surface area contributed by atoms with Gasteiger partial charge in [0.1, 0.15) is 18.2 Å². The summed E-state index contributed by atoms with van der Waals surface area (Å²) < 4.78 is 11.0. The van der Waals surface area contributed by atoms with Crippen molar-refractivity contribution in [1.29, 1.82) is 0 Å². The predicted molar refractivity (Wildman–Crippen MR) is 119 cm³/mol. The minimum absolute atomic E-state index is 0.0819. The van der Waals surface area contributed by atoms with E-state index < -0.39 is 0 Å². The normalized spacial score (nSPS) is 24.8. The smallest absolute Gasteiger partial charge is 0.407 e. The van der Waals surface area contributed by atoms with Gasteiger partial charge in [-0.1, -0.05) is 12.1 Å². The Morgan fingerprint density at radius 3 is 2.81 bits per heavy atom. The molecule has 7 nitrogen and oxygen atoms in total. The minimum Gasteiger partial charge on any atom is -0.496 e. The van der Waals surface area contributed by atoms with E-state index in [0.717, 1.165) is 54.5 Å². The highest BCUT2D eigenvalue weighted by atomic mass is 16.5. The predicted octanol–water partition coefficient (Wildman–Crippen LogP) is 3.77. The number of carbonyl (C=O) groups excluding carboxylic acids is 1. The third-order valence-electron chi connectivity index (χ3n) is 6.31. The first-order valence-electron chi connectivity index (χ1n) is 11.1. The Hall–Kier alpha value is -2.67. The molecule has 1 aromatic heterocycles. The Morgan fingerprint density at radius 2 is 2.10 bits per heavy atom. The first kappa shape index (κ1) is 21.6. The highest BCUT2D eigenvalue weighted by Crippen LogP contribution is 2.42. The molecular weight excluding hydrogens is 392 g/mol. The van der Waals surface area contributed by atoms with Crippen LogP contribution in [0.3, 0.4) is 0 Å². The van der Waals surface area contributed by atoms with Crippen molar-refractivity contribution in [2.45, 2.75) is 51.6 Å². The molecule has 3 fully saturated rings. The van der Waals surface area contributed by atoms with Gasteiger partial charge in [0.25, 0.3) is 0 Å². The average molecular weight is 425 g/mol. The standard InChI is InChI=1S/C24H32N4O3/c1-15(2)25-24(29)31-14-18-11-17-9-10-28(18)13-20(17)22-12-21(26-16(3)27-22)19-7-5-6-8-23(19)30-4/h5-8,12,15,17-18,20H,9-11,13-14H2,1-4H3,(H,25,29)/t17-,18+,20-/m0/s1. The molecule has 4 heterocycles. The van der Waals surface area contributed by atoms with Crippen LogP contribution in [0.1, 0.15) is 44.1 Å². The fraction of sp³-hybridized carbons (Fsp3) is 0.542. The van der Waals surface area contributed by atoms with Gasteiger partial charge in [-0.3, -0.25) is 4.90 Å². The number of carbonyl (C=O) groups is 1. The van der Waals surface area contributed by atoms with Crippen LogP contribution in [-0.2, 0) is 4.74 Å². The molecule has 1 N–H and O–H groups in total. The largest absolute Gasteiger partial charge is 0.496 e. The number of piperidine rings is 3. The number of ether oxygens (including phenoxy) is 2. The maximum absolute atomic E-state index is 11.9. The van der Waals surface area contributed by atoms with Crippen LogP contribution in [0.2, 0.25) is 0 Å². The molecule has 0 radical (unpaired) electrons. The number of alkyl carbamates (subject to hydrolysis) is 1. The number of nitrogens with one attached hydrogen (secondary N) is 1. The van der Waals surface area contributed by atoms with E-state index in [4.69, 9.17) is 14.5 Å². The molecule has 0 spiro atoms. The highest BCUT2D eigenvalue weighted by Gasteiger charge is 2.42. The summed E-state index contributed by atoms with van der Waals surface area (Å²) in [7, 11) is 1.69. The van der Waals surface area contributed by atoms with E-state index in [1.165, 1.54) is 0 Å². The number of hydrogen-bond donors (Lipinski definition) is 1. The lowest BCUT2D eigenvalue weighted by Gasteiger charge is -2.49. The lowest BCUT2D eigenvalue weighted by atomic mass is 9.74. The maximum Gasteiger partial charge on any atom is 0.407 e. The van der Waals surface area contributed by atoms with Crippen LogP contribution in [0, 0.1) is 12.8 Å². The van der Waals surface area contributed by atoms with Gasteiger partial charge in [0.15, 0.2) is 0 Å². The molecule has 7 heteroatoms. The van der Waals surface area contributed by atoms with E-state index in [1.54, 1.807) is 7.11 Å². The van der Waals surface area contributed by atoms with E-state index in [2.05, 4.69) is 21.3 Å². The molecule has 0 saturated carbocycles. The van der Waals surface area contributed by atoms with Crippen molar-refractivity contribution in [3.05, 3.63) is 41.9 Å². The van der Waals surface area contributed by atoms with E-state index in [0.29, 0.717) is 18.4 Å². The van der Waals surface area contributed by atoms with Gasteiger partial charge in [0.05, 0.1) is 12.8 Å². The second kappa shape index (κ2) is 9.22. The summed E-state index contributed by atoms with van der Waals surface area (Å²) in [5.74, 6) is 2.49. The van der Waals surface area contributed by atoms with Gasteiger partial charge in [0, 0.05) is 35.8 Å². The Kier molecular flexibility index (Phi) is 6.41. The van der Waals surface area contributed by atoms with E-state index >= 15 is 0 Å². The average Bonchev–Trinajstić information content (AvgIpc) is 2.77. The van der Waals surface area contributed by atoms with Crippen molar-refractivity contribution in [3.63, 3.8) is 0 Å². The summed E-state index contributed by atoms with van der Waals surface area (Å²) >= 11 is 0. The molecule has 1 amide bonds. The third-order valence-corrected chi connectivity index (χ3v) is 6.31. The SMILES string of the molecule is COc1ccccc1-c1cc([C@H]2CN3CC[C@H]2C[C@@H]3COC(=O)NC(C)C)nc(C)n1. The summed E-state index contributed by atoms with van der Waals surface area (Å²) in [5, 5.41) is 2.79. The number of aryl methyl sites for hydroxylation is 1. The minimum atomic E-state index is -0.331. The zero-order chi connectivity index (χ0) is 22.0. The fourth-order valence-corrected chi connectivity index (χ4v) is 4.87. The lowest BCUT2D eigenvalue weighted by molar-refractivity contribution is -0.00373. The molecule has 166 valence electrons. The van der Waals surface area contributed by atoms with Crippen LogP contribution >= 0.6 is 0 Å². The number of rotatable bonds is 6. The summed E-state index contributed by atoms with van der Waals surface area (Å²) in [6, 6.07) is 10.5. The molecule has 2 aromatic rings. The third kappa shape index (κ3) is 4.82. The fourth-order valence-electron chi connectivity index (χ4n) is 4.87. The molecule has 1 unspecified atom stereocenters. The van der Waals surface area contributed by atoms with Crippen molar-refractivity contribution in [2.75, 3.05) is 26.8 Å². The summed E-state index contributed by atoms with van der Waals surface area (Å²) in [5.41, 5.74) is 2.99. The van der Waals surface area contributed by atoms with Gasteiger partial charge in [-0.25, -0.2) is 14.8 Å². The van der Waals surface area contributed by atoms with Crippen LogP contribution in [-0.4, -0.2) is 59.9 Å². The number of benzene rings is 1. The zero-order valence-electron chi connectivity index (χ0n) is 18.8. The molecule has 3 aliphatic rings. The van der Waals surface area contributed by atoms with Crippen molar-refractivity contribution >= 4 is 6.09 Å². The van der Waals surface area contributed by atoms with Gasteiger partial charge in [-0.05, 0) is 64.3 Å². The highest BCUT2D eigenvalue weighted by molar-refractivity contribution is 5.68. The number of nitrogens with zero attached hydrogens (tertiary/aromatic N) is 3. The van der Waals surface area contributed by atoms with Crippen LogP contribution < -0.4 is 10.1 Å². The monoisotopic (exact) mass is 424 g/mol. The first-order valence-corrected chi connectivity index (χ1v) is 11.1. The maximum atomic E-state index is 11.9. The van der Waals surface area contributed by atoms with Crippen molar-refractivity contribution in [1.82, 2.24) is 20.2 Å². The number of fused-ring (bicyclic) bond motifs is 3. The van der Waals surface area contributed by atoms with E-state index in [9.17, 15) is 4.79 Å². The summed E-state index contributed by atoms with van der Waals surface area (Å²) in [4.78, 5) is 23.8. The van der Waals surface area contributed by atoms with Crippen LogP contribution in [0.5, 0.6) is 5.75 Å². The molecule has 1 aromatic carbocycles. The number of methoxy groups -OCH3 is 1.